The molecule has 0 bridgehead atoms. The van der Waals surface area contributed by atoms with E-state index >= 15 is 0 Å². The highest BCUT2D eigenvalue weighted by atomic mass is 16.4. The van der Waals surface area contributed by atoms with Crippen molar-refractivity contribution in [2.24, 2.45) is 11.8 Å². The number of carboxylic acid groups (broad SMARTS) is 1. The highest BCUT2D eigenvalue weighted by Gasteiger charge is 2.49. The SMILES string of the molecule is C[C@H](C(=O)O)N1C[C@@H]2C(=O)NC(=O)[C@@H]2C1. The number of amides is 2. The topological polar surface area (TPSA) is 86.7 Å². The molecule has 0 spiro atoms. The largest absolute Gasteiger partial charge is 0.480 e. The van der Waals surface area contributed by atoms with Crippen LogP contribution in [0, 0.1) is 11.8 Å². The van der Waals surface area contributed by atoms with Crippen LogP contribution in [-0.4, -0.2) is 46.9 Å². The zero-order valence-electron chi connectivity index (χ0n) is 8.27. The maximum Gasteiger partial charge on any atom is 0.320 e. The molecule has 0 aliphatic carbocycles. The Morgan fingerprint density at radius 2 is 1.87 bits per heavy atom. The summed E-state index contributed by atoms with van der Waals surface area (Å²) in [6, 6.07) is -0.642. The second kappa shape index (κ2) is 3.30. The van der Waals surface area contributed by atoms with E-state index in [4.69, 9.17) is 5.11 Å². The van der Waals surface area contributed by atoms with Crippen molar-refractivity contribution in [1.29, 1.82) is 0 Å². The van der Waals surface area contributed by atoms with Crippen LogP contribution in [0.1, 0.15) is 6.92 Å². The summed E-state index contributed by atoms with van der Waals surface area (Å²) in [5.41, 5.74) is 0. The second-order valence-corrected chi connectivity index (χ2v) is 4.03. The van der Waals surface area contributed by atoms with E-state index in [9.17, 15) is 14.4 Å². The minimum Gasteiger partial charge on any atom is -0.480 e. The fourth-order valence-electron chi connectivity index (χ4n) is 2.14. The molecule has 2 heterocycles. The molecule has 2 aliphatic heterocycles. The van der Waals surface area contributed by atoms with Crippen LogP contribution in [0.4, 0.5) is 0 Å². The number of fused-ring (bicyclic) bond motifs is 1. The molecule has 0 aromatic rings. The molecule has 82 valence electrons. The molecule has 2 amide bonds. The summed E-state index contributed by atoms with van der Waals surface area (Å²) in [5.74, 6) is -2.20. The summed E-state index contributed by atoms with van der Waals surface area (Å²) >= 11 is 0. The number of nitrogens with one attached hydrogen (secondary N) is 1. The second-order valence-electron chi connectivity index (χ2n) is 4.03. The lowest BCUT2D eigenvalue weighted by atomic mass is 10.00. The first kappa shape index (κ1) is 10.1. The van der Waals surface area contributed by atoms with E-state index in [0.717, 1.165) is 0 Å². The number of aliphatic carboxylic acids is 1. The number of carbonyl (C=O) groups is 3. The molecular formula is C9H12N2O4. The number of carbonyl (C=O) groups excluding carboxylic acids is 2. The van der Waals surface area contributed by atoms with Gasteiger partial charge in [0.2, 0.25) is 11.8 Å². The van der Waals surface area contributed by atoms with Gasteiger partial charge in [-0.3, -0.25) is 24.6 Å². The molecule has 2 N–H and O–H groups in total. The standard InChI is InChI=1S/C9H12N2O4/c1-4(9(14)15)11-2-5-6(3-11)8(13)10-7(5)12/h4-6H,2-3H2,1H3,(H,14,15)(H,10,12,13)/t4-,5-,6+/m1/s1. The van der Waals surface area contributed by atoms with Crippen LogP contribution in [0.5, 0.6) is 0 Å². The van der Waals surface area contributed by atoms with Crippen LogP contribution in [0.25, 0.3) is 0 Å². The van der Waals surface area contributed by atoms with Crippen molar-refractivity contribution in [3.63, 3.8) is 0 Å². The Kier molecular flexibility index (Phi) is 2.22. The normalized spacial score (nSPS) is 32.6. The van der Waals surface area contributed by atoms with E-state index in [1.54, 1.807) is 11.8 Å². The van der Waals surface area contributed by atoms with E-state index < -0.39 is 12.0 Å². The zero-order chi connectivity index (χ0) is 11.2. The van der Waals surface area contributed by atoms with Gasteiger partial charge in [0.1, 0.15) is 6.04 Å². The number of carboxylic acids is 1. The van der Waals surface area contributed by atoms with Gasteiger partial charge in [-0.2, -0.15) is 0 Å². The van der Waals surface area contributed by atoms with Gasteiger partial charge in [-0.1, -0.05) is 0 Å². The molecule has 2 aliphatic rings. The Morgan fingerprint density at radius 3 is 2.27 bits per heavy atom. The van der Waals surface area contributed by atoms with Crippen molar-refractivity contribution < 1.29 is 19.5 Å². The molecule has 3 atom stereocenters. The van der Waals surface area contributed by atoms with Gasteiger partial charge in [0.15, 0.2) is 0 Å². The van der Waals surface area contributed by atoms with Crippen molar-refractivity contribution in [2.75, 3.05) is 13.1 Å². The Morgan fingerprint density at radius 1 is 1.40 bits per heavy atom. The third-order valence-electron chi connectivity index (χ3n) is 3.17. The first-order valence-corrected chi connectivity index (χ1v) is 4.82. The van der Waals surface area contributed by atoms with E-state index in [0.29, 0.717) is 13.1 Å². The molecular weight excluding hydrogens is 200 g/mol. The lowest BCUT2D eigenvalue weighted by Crippen LogP contribution is -2.40. The summed E-state index contributed by atoms with van der Waals surface area (Å²) in [4.78, 5) is 35.0. The summed E-state index contributed by atoms with van der Waals surface area (Å²) in [6.45, 7) is 2.27. The first-order valence-electron chi connectivity index (χ1n) is 4.82. The zero-order valence-corrected chi connectivity index (χ0v) is 8.27. The van der Waals surface area contributed by atoms with Crippen LogP contribution in [-0.2, 0) is 14.4 Å². The average molecular weight is 212 g/mol. The third kappa shape index (κ3) is 1.50. The van der Waals surface area contributed by atoms with Crippen LogP contribution in [0.2, 0.25) is 0 Å². The minimum absolute atomic E-state index is 0.273. The lowest BCUT2D eigenvalue weighted by Gasteiger charge is -2.20. The third-order valence-corrected chi connectivity index (χ3v) is 3.17. The van der Waals surface area contributed by atoms with E-state index in [1.807, 2.05) is 0 Å². The molecule has 2 fully saturated rings. The van der Waals surface area contributed by atoms with Crippen molar-refractivity contribution in [3.05, 3.63) is 0 Å². The highest BCUT2D eigenvalue weighted by molar-refractivity contribution is 6.05. The smallest absolute Gasteiger partial charge is 0.320 e. The van der Waals surface area contributed by atoms with E-state index in [1.165, 1.54) is 0 Å². The fourth-order valence-corrected chi connectivity index (χ4v) is 2.14. The van der Waals surface area contributed by atoms with Gasteiger partial charge < -0.3 is 5.11 Å². The Hall–Kier alpha value is -1.43. The lowest BCUT2D eigenvalue weighted by molar-refractivity contribution is -0.143. The van der Waals surface area contributed by atoms with Crippen molar-refractivity contribution in [3.8, 4) is 0 Å². The molecule has 6 heteroatoms. The first-order chi connectivity index (χ1) is 7.00. The number of hydrogen-bond acceptors (Lipinski definition) is 4. The number of hydrogen-bond donors (Lipinski definition) is 2. The van der Waals surface area contributed by atoms with Crippen molar-refractivity contribution in [1.82, 2.24) is 10.2 Å². The van der Waals surface area contributed by atoms with Crippen LogP contribution >= 0.6 is 0 Å². The Bertz CT molecular complexity index is 319. The Labute approximate surface area is 86.2 Å². The summed E-state index contributed by atoms with van der Waals surface area (Å²) < 4.78 is 0. The summed E-state index contributed by atoms with van der Waals surface area (Å²) in [6.07, 6.45) is 0. The van der Waals surface area contributed by atoms with Gasteiger partial charge in [0.25, 0.3) is 0 Å². The fraction of sp³-hybridized carbons (Fsp3) is 0.667. The Balaban J connectivity index is 2.10. The molecule has 0 saturated carbocycles. The molecule has 2 saturated heterocycles. The highest BCUT2D eigenvalue weighted by Crippen LogP contribution is 2.29. The number of rotatable bonds is 2. The van der Waals surface area contributed by atoms with Gasteiger partial charge in [0.05, 0.1) is 11.8 Å². The van der Waals surface area contributed by atoms with Crippen LogP contribution in [0.3, 0.4) is 0 Å². The molecule has 6 nitrogen and oxygen atoms in total. The summed E-state index contributed by atoms with van der Waals surface area (Å²) in [7, 11) is 0. The van der Waals surface area contributed by atoms with Gasteiger partial charge in [-0.15, -0.1) is 0 Å². The molecule has 15 heavy (non-hydrogen) atoms. The molecule has 2 rings (SSSR count). The van der Waals surface area contributed by atoms with Crippen molar-refractivity contribution >= 4 is 17.8 Å². The molecule has 0 radical (unpaired) electrons. The van der Waals surface area contributed by atoms with E-state index in [2.05, 4.69) is 5.32 Å². The quantitative estimate of drug-likeness (QED) is 0.553. The molecule has 0 aromatic heterocycles. The number of likely N-dealkylation sites (tertiary alicyclic amines) is 1. The predicted octanol–water partition coefficient (Wildman–Crippen LogP) is -1.34. The van der Waals surface area contributed by atoms with E-state index in [-0.39, 0.29) is 23.7 Å². The maximum atomic E-state index is 11.3. The molecule has 0 aromatic carbocycles. The summed E-state index contributed by atoms with van der Waals surface area (Å²) in [5, 5.41) is 11.1. The van der Waals surface area contributed by atoms with Crippen LogP contribution in [0.15, 0.2) is 0 Å². The average Bonchev–Trinajstić information content (AvgIpc) is 2.68. The number of nitrogens with zero attached hydrogens (tertiary/aromatic N) is 1. The van der Waals surface area contributed by atoms with Crippen molar-refractivity contribution in [2.45, 2.75) is 13.0 Å². The maximum absolute atomic E-state index is 11.3. The molecule has 0 unspecified atom stereocenters. The van der Waals surface area contributed by atoms with Crippen LogP contribution < -0.4 is 5.32 Å². The number of imide groups is 1. The predicted molar refractivity (Wildman–Crippen MR) is 48.8 cm³/mol. The minimum atomic E-state index is -0.928. The van der Waals surface area contributed by atoms with Gasteiger partial charge in [0, 0.05) is 13.1 Å². The van der Waals surface area contributed by atoms with Gasteiger partial charge in [-0.25, -0.2) is 0 Å². The monoisotopic (exact) mass is 212 g/mol. The van der Waals surface area contributed by atoms with Gasteiger partial charge in [-0.05, 0) is 6.92 Å². The van der Waals surface area contributed by atoms with Gasteiger partial charge >= 0.3 is 5.97 Å².